The van der Waals surface area contributed by atoms with E-state index in [2.05, 4.69) is 23.7 Å². The molecule has 2 aromatic carbocycles. The van der Waals surface area contributed by atoms with Gasteiger partial charge in [0.25, 0.3) is 5.91 Å². The van der Waals surface area contributed by atoms with Gasteiger partial charge in [-0.1, -0.05) is 49.4 Å². The van der Waals surface area contributed by atoms with Crippen molar-refractivity contribution in [3.05, 3.63) is 77.9 Å². The fourth-order valence-electron chi connectivity index (χ4n) is 4.20. The monoisotopic (exact) mass is 496 g/mol. The summed E-state index contributed by atoms with van der Waals surface area (Å²) in [4.78, 5) is 25.5. The highest BCUT2D eigenvalue weighted by Gasteiger charge is 2.38. The second-order valence-electron chi connectivity index (χ2n) is 9.19. The lowest BCUT2D eigenvalue weighted by atomic mass is 9.90. The zero-order valence-corrected chi connectivity index (χ0v) is 21.3. The number of hydrogen-bond acceptors (Lipinski definition) is 7. The third kappa shape index (κ3) is 7.24. The van der Waals surface area contributed by atoms with Gasteiger partial charge < -0.3 is 29.5 Å². The van der Waals surface area contributed by atoms with E-state index in [1.54, 1.807) is 12.1 Å². The molecule has 36 heavy (non-hydrogen) atoms. The number of rotatable bonds is 10. The van der Waals surface area contributed by atoms with Crippen LogP contribution in [-0.4, -0.2) is 54.2 Å². The van der Waals surface area contributed by atoms with Crippen molar-refractivity contribution >= 4 is 17.6 Å². The number of nitrogens with one attached hydrogen (secondary N) is 1. The van der Waals surface area contributed by atoms with E-state index in [1.807, 2.05) is 49.5 Å². The standard InChI is InChI=1S/C28H36N2O6/c1-6-15-30(5)16-25-18(2)26(22-9-7-21(17-31)8-10-22)36-28(35-25)23-11-13-24(14-12-23)29-27(33)19(3)34-20(4)32/h6-14,18-19,25-26,28,31H,1,15-17H2,2-5H3,(H,29,33). The van der Waals surface area contributed by atoms with Crippen LogP contribution >= 0.6 is 0 Å². The first-order chi connectivity index (χ1) is 17.2. The number of nitrogens with zero attached hydrogens (tertiary/aromatic N) is 1. The van der Waals surface area contributed by atoms with Crippen molar-refractivity contribution in [2.45, 2.75) is 52.0 Å². The summed E-state index contributed by atoms with van der Waals surface area (Å²) in [5, 5.41) is 12.2. The molecule has 8 heteroatoms. The van der Waals surface area contributed by atoms with Crippen LogP contribution in [-0.2, 0) is 30.4 Å². The van der Waals surface area contributed by atoms with Crippen molar-refractivity contribution in [1.29, 1.82) is 0 Å². The highest BCUT2D eigenvalue weighted by Crippen LogP contribution is 2.41. The molecule has 0 aromatic heterocycles. The first-order valence-electron chi connectivity index (χ1n) is 12.1. The van der Waals surface area contributed by atoms with Crippen LogP contribution in [0.5, 0.6) is 0 Å². The van der Waals surface area contributed by atoms with Crippen LogP contribution in [0.25, 0.3) is 0 Å². The molecule has 0 bridgehead atoms. The first kappa shape index (κ1) is 27.5. The number of aliphatic hydroxyl groups excluding tert-OH is 1. The molecule has 5 unspecified atom stereocenters. The third-order valence-electron chi connectivity index (χ3n) is 6.22. The summed E-state index contributed by atoms with van der Waals surface area (Å²) in [5.74, 6) is -0.842. The minimum Gasteiger partial charge on any atom is -0.453 e. The molecule has 194 valence electrons. The van der Waals surface area contributed by atoms with E-state index in [0.29, 0.717) is 12.2 Å². The fraction of sp³-hybridized carbons (Fsp3) is 0.429. The molecule has 1 aliphatic rings. The molecular weight excluding hydrogens is 460 g/mol. The second kappa shape index (κ2) is 12.8. The SMILES string of the molecule is C=CCN(C)CC1OC(c2ccc(NC(=O)C(C)OC(C)=O)cc2)OC(c2ccc(CO)cc2)C1C. The summed E-state index contributed by atoms with van der Waals surface area (Å²) in [7, 11) is 2.03. The van der Waals surface area contributed by atoms with E-state index in [9.17, 15) is 14.7 Å². The van der Waals surface area contributed by atoms with Crippen LogP contribution < -0.4 is 5.32 Å². The molecule has 0 spiro atoms. The van der Waals surface area contributed by atoms with Crippen LogP contribution in [0.1, 0.15) is 49.9 Å². The maximum Gasteiger partial charge on any atom is 0.303 e. The van der Waals surface area contributed by atoms with Crippen molar-refractivity contribution in [2.24, 2.45) is 5.92 Å². The Morgan fingerprint density at radius 1 is 1.14 bits per heavy atom. The molecule has 2 N–H and O–H groups in total. The Hall–Kier alpha value is -3.04. The van der Waals surface area contributed by atoms with Crippen LogP contribution in [0.3, 0.4) is 0 Å². The summed E-state index contributed by atoms with van der Waals surface area (Å²) in [6.45, 7) is 10.2. The van der Waals surface area contributed by atoms with E-state index in [-0.39, 0.29) is 24.7 Å². The Bertz CT molecular complexity index is 1020. The van der Waals surface area contributed by atoms with Gasteiger partial charge in [0.15, 0.2) is 12.4 Å². The minimum atomic E-state index is -0.889. The number of anilines is 1. The molecule has 1 fully saturated rings. The number of amides is 1. The summed E-state index contributed by atoms with van der Waals surface area (Å²) in [5.41, 5.74) is 3.26. The zero-order valence-electron chi connectivity index (χ0n) is 21.3. The van der Waals surface area contributed by atoms with Gasteiger partial charge in [0, 0.05) is 37.2 Å². The summed E-state index contributed by atoms with van der Waals surface area (Å²) >= 11 is 0. The van der Waals surface area contributed by atoms with Crippen molar-refractivity contribution in [3.63, 3.8) is 0 Å². The molecule has 1 amide bonds. The molecular formula is C28H36N2O6. The molecule has 8 nitrogen and oxygen atoms in total. The van der Waals surface area contributed by atoms with Gasteiger partial charge in [0.2, 0.25) is 0 Å². The average Bonchev–Trinajstić information content (AvgIpc) is 2.85. The molecule has 1 saturated heterocycles. The van der Waals surface area contributed by atoms with Crippen molar-refractivity contribution < 1.29 is 28.9 Å². The molecule has 1 heterocycles. The van der Waals surface area contributed by atoms with Crippen LogP contribution in [0.4, 0.5) is 5.69 Å². The lowest BCUT2D eigenvalue weighted by Crippen LogP contribution is -2.43. The first-order valence-corrected chi connectivity index (χ1v) is 12.1. The summed E-state index contributed by atoms with van der Waals surface area (Å²) in [6, 6.07) is 15.0. The van der Waals surface area contributed by atoms with E-state index < -0.39 is 24.3 Å². The second-order valence-corrected chi connectivity index (χ2v) is 9.19. The van der Waals surface area contributed by atoms with E-state index in [1.165, 1.54) is 13.8 Å². The number of likely N-dealkylation sites (N-methyl/N-ethyl adjacent to an activating group) is 1. The maximum atomic E-state index is 12.3. The molecule has 3 rings (SSSR count). The number of benzene rings is 2. The van der Waals surface area contributed by atoms with Gasteiger partial charge in [-0.3, -0.25) is 9.59 Å². The number of esters is 1. The number of carbonyl (C=O) groups excluding carboxylic acids is 2. The summed E-state index contributed by atoms with van der Waals surface area (Å²) < 4.78 is 17.8. The average molecular weight is 497 g/mol. The molecule has 5 atom stereocenters. The number of aliphatic hydroxyl groups is 1. The molecule has 0 radical (unpaired) electrons. The molecule has 2 aromatic rings. The Morgan fingerprint density at radius 2 is 1.78 bits per heavy atom. The van der Waals surface area contributed by atoms with Crippen LogP contribution in [0, 0.1) is 5.92 Å². The molecule has 0 aliphatic carbocycles. The smallest absolute Gasteiger partial charge is 0.303 e. The van der Waals surface area contributed by atoms with Gasteiger partial charge in [-0.25, -0.2) is 0 Å². The van der Waals surface area contributed by atoms with Crippen molar-refractivity contribution in [1.82, 2.24) is 4.90 Å². The normalized spacial score (nSPS) is 22.6. The predicted molar refractivity (Wildman–Crippen MR) is 137 cm³/mol. The molecule has 0 saturated carbocycles. The fourth-order valence-corrected chi connectivity index (χ4v) is 4.20. The van der Waals surface area contributed by atoms with Gasteiger partial charge in [-0.05, 0) is 37.2 Å². The van der Waals surface area contributed by atoms with Gasteiger partial charge in [0.05, 0.1) is 18.8 Å². The van der Waals surface area contributed by atoms with E-state index in [0.717, 1.165) is 23.2 Å². The Morgan fingerprint density at radius 3 is 2.36 bits per heavy atom. The Labute approximate surface area is 212 Å². The highest BCUT2D eigenvalue weighted by molar-refractivity contribution is 5.94. The van der Waals surface area contributed by atoms with Gasteiger partial charge in [-0.15, -0.1) is 6.58 Å². The summed E-state index contributed by atoms with van der Waals surface area (Å²) in [6.07, 6.45) is 0.0698. The number of carbonyl (C=O) groups is 2. The maximum absolute atomic E-state index is 12.3. The van der Waals surface area contributed by atoms with E-state index in [4.69, 9.17) is 14.2 Å². The van der Waals surface area contributed by atoms with Crippen molar-refractivity contribution in [2.75, 3.05) is 25.5 Å². The zero-order chi connectivity index (χ0) is 26.2. The number of hydrogen-bond donors (Lipinski definition) is 2. The van der Waals surface area contributed by atoms with Crippen LogP contribution in [0.15, 0.2) is 61.2 Å². The largest absolute Gasteiger partial charge is 0.453 e. The van der Waals surface area contributed by atoms with Gasteiger partial charge in [-0.2, -0.15) is 0 Å². The molecule has 1 aliphatic heterocycles. The lowest BCUT2D eigenvalue weighted by molar-refractivity contribution is -0.275. The quantitative estimate of drug-likeness (QED) is 0.379. The predicted octanol–water partition coefficient (Wildman–Crippen LogP) is 3.98. The van der Waals surface area contributed by atoms with E-state index >= 15 is 0 Å². The number of ether oxygens (including phenoxy) is 3. The van der Waals surface area contributed by atoms with Crippen molar-refractivity contribution in [3.8, 4) is 0 Å². The Kier molecular flexibility index (Phi) is 9.78. The lowest BCUT2D eigenvalue weighted by Gasteiger charge is -2.42. The van der Waals surface area contributed by atoms with Gasteiger partial charge >= 0.3 is 5.97 Å². The minimum absolute atomic E-state index is 0.00932. The highest BCUT2D eigenvalue weighted by atomic mass is 16.7. The Balaban J connectivity index is 1.79. The topological polar surface area (TPSA) is 97.3 Å². The van der Waals surface area contributed by atoms with Crippen LogP contribution in [0.2, 0.25) is 0 Å². The van der Waals surface area contributed by atoms with Gasteiger partial charge in [0.1, 0.15) is 0 Å². The third-order valence-corrected chi connectivity index (χ3v) is 6.22.